The first kappa shape index (κ1) is 10.2. The van der Waals surface area contributed by atoms with Crippen LogP contribution in [0.1, 0.15) is 11.1 Å². The fraction of sp³-hybridized carbons (Fsp3) is 0.250. The summed E-state index contributed by atoms with van der Waals surface area (Å²) >= 11 is 5.59. The molecule has 0 spiro atoms. The number of nitrogens with two attached hydrogens (primary N) is 1. The lowest BCUT2D eigenvalue weighted by Gasteiger charge is -2.11. The van der Waals surface area contributed by atoms with Crippen LogP contribution >= 0.6 is 11.6 Å². The van der Waals surface area contributed by atoms with Crippen molar-refractivity contribution >= 4 is 17.3 Å². The van der Waals surface area contributed by atoms with Crippen molar-refractivity contribution in [3.63, 3.8) is 0 Å². The van der Waals surface area contributed by atoms with Gasteiger partial charge in [-0.15, -0.1) is 0 Å². The molecule has 1 aromatic rings. The van der Waals surface area contributed by atoms with Crippen LogP contribution in [0.3, 0.4) is 0 Å². The highest BCUT2D eigenvalue weighted by Gasteiger charge is 2.33. The number of aryl methyl sites for hydroxylation is 1. The lowest BCUT2D eigenvalue weighted by molar-refractivity contribution is -0.136. The van der Waals surface area contributed by atoms with Gasteiger partial charge in [0.15, 0.2) is 0 Å². The summed E-state index contributed by atoms with van der Waals surface area (Å²) in [6.45, 7) is 1.50. The first-order valence-corrected chi connectivity index (χ1v) is 3.83. The van der Waals surface area contributed by atoms with Crippen molar-refractivity contribution in [3.05, 3.63) is 28.3 Å². The van der Waals surface area contributed by atoms with Crippen molar-refractivity contribution in [2.24, 2.45) is 0 Å². The number of benzene rings is 1. The summed E-state index contributed by atoms with van der Waals surface area (Å²) in [5, 5.41) is 0.241. The summed E-state index contributed by atoms with van der Waals surface area (Å²) in [5.74, 6) is 0. The Balaban J connectivity index is 3.32. The van der Waals surface area contributed by atoms with Crippen LogP contribution in [-0.4, -0.2) is 0 Å². The highest BCUT2D eigenvalue weighted by atomic mass is 35.5. The Kier molecular flexibility index (Phi) is 2.43. The van der Waals surface area contributed by atoms with Crippen LogP contribution in [0.5, 0.6) is 0 Å². The Morgan fingerprint density at radius 2 is 1.85 bits per heavy atom. The molecule has 0 aliphatic carbocycles. The van der Waals surface area contributed by atoms with E-state index in [1.54, 1.807) is 0 Å². The zero-order chi connectivity index (χ0) is 10.2. The second kappa shape index (κ2) is 3.10. The highest BCUT2D eigenvalue weighted by molar-refractivity contribution is 6.31. The van der Waals surface area contributed by atoms with Crippen LogP contribution in [0.25, 0.3) is 0 Å². The molecule has 72 valence electrons. The standard InChI is InChI=1S/C8H7ClF3N/c1-4-2-5(8(10,11)12)7(13)3-6(4)9/h2-3H,13H2,1H3. The van der Waals surface area contributed by atoms with Gasteiger partial charge in [0.1, 0.15) is 0 Å². The van der Waals surface area contributed by atoms with Crippen molar-refractivity contribution in [2.75, 3.05) is 5.73 Å². The third kappa shape index (κ3) is 2.06. The minimum Gasteiger partial charge on any atom is -0.398 e. The van der Waals surface area contributed by atoms with Crippen molar-refractivity contribution in [1.82, 2.24) is 0 Å². The Morgan fingerprint density at radius 1 is 1.31 bits per heavy atom. The van der Waals surface area contributed by atoms with E-state index in [9.17, 15) is 13.2 Å². The molecular weight excluding hydrogens is 203 g/mol. The van der Waals surface area contributed by atoms with Crippen molar-refractivity contribution in [2.45, 2.75) is 13.1 Å². The summed E-state index contributed by atoms with van der Waals surface area (Å²) in [6.07, 6.45) is -4.42. The normalized spacial score (nSPS) is 11.8. The molecule has 0 amide bonds. The smallest absolute Gasteiger partial charge is 0.398 e. The molecule has 0 atom stereocenters. The van der Waals surface area contributed by atoms with Gasteiger partial charge in [0.25, 0.3) is 0 Å². The summed E-state index contributed by atoms with van der Waals surface area (Å²) in [6, 6.07) is 2.05. The van der Waals surface area contributed by atoms with E-state index in [0.29, 0.717) is 5.56 Å². The largest absolute Gasteiger partial charge is 0.418 e. The van der Waals surface area contributed by atoms with Gasteiger partial charge >= 0.3 is 6.18 Å². The number of halogens is 4. The summed E-state index contributed by atoms with van der Waals surface area (Å²) in [4.78, 5) is 0. The van der Waals surface area contributed by atoms with E-state index >= 15 is 0 Å². The summed E-state index contributed by atoms with van der Waals surface area (Å²) in [5.41, 5.74) is 4.35. The molecule has 5 heteroatoms. The minimum absolute atomic E-state index is 0.241. The molecule has 1 nitrogen and oxygen atoms in total. The average Bonchev–Trinajstić information content (AvgIpc) is 1.94. The van der Waals surface area contributed by atoms with E-state index in [4.69, 9.17) is 17.3 Å². The van der Waals surface area contributed by atoms with E-state index in [0.717, 1.165) is 12.1 Å². The van der Waals surface area contributed by atoms with Gasteiger partial charge in [0.05, 0.1) is 5.56 Å². The lowest BCUT2D eigenvalue weighted by Crippen LogP contribution is -2.09. The second-order valence-electron chi connectivity index (χ2n) is 2.69. The molecule has 0 saturated heterocycles. The predicted octanol–water partition coefficient (Wildman–Crippen LogP) is 3.25. The Bertz CT molecular complexity index is 333. The predicted molar refractivity (Wildman–Crippen MR) is 45.6 cm³/mol. The lowest BCUT2D eigenvalue weighted by atomic mass is 10.1. The molecule has 0 radical (unpaired) electrons. The monoisotopic (exact) mass is 209 g/mol. The van der Waals surface area contributed by atoms with E-state index in [1.807, 2.05) is 0 Å². The van der Waals surface area contributed by atoms with Gasteiger partial charge in [-0.1, -0.05) is 11.6 Å². The highest BCUT2D eigenvalue weighted by Crippen LogP contribution is 2.35. The molecule has 0 fully saturated rings. The number of nitrogen functional groups attached to an aromatic ring is 1. The first-order chi connectivity index (χ1) is 5.82. The zero-order valence-electron chi connectivity index (χ0n) is 6.74. The van der Waals surface area contributed by atoms with Crippen molar-refractivity contribution < 1.29 is 13.2 Å². The second-order valence-corrected chi connectivity index (χ2v) is 3.09. The fourth-order valence-corrected chi connectivity index (χ4v) is 1.11. The molecule has 2 N–H and O–H groups in total. The maximum atomic E-state index is 12.2. The molecule has 1 rings (SSSR count). The maximum absolute atomic E-state index is 12.2. The minimum atomic E-state index is -4.42. The number of rotatable bonds is 0. The van der Waals surface area contributed by atoms with Gasteiger partial charge < -0.3 is 5.73 Å². The van der Waals surface area contributed by atoms with Gasteiger partial charge in [-0.3, -0.25) is 0 Å². The fourth-order valence-electron chi connectivity index (χ4n) is 0.942. The number of hydrogen-bond donors (Lipinski definition) is 1. The Morgan fingerprint density at radius 3 is 2.31 bits per heavy atom. The molecule has 0 aliphatic rings. The van der Waals surface area contributed by atoms with Crippen LogP contribution in [0.2, 0.25) is 5.02 Å². The Hall–Kier alpha value is -0.900. The van der Waals surface area contributed by atoms with Crippen molar-refractivity contribution in [3.8, 4) is 0 Å². The van der Waals surface area contributed by atoms with E-state index in [-0.39, 0.29) is 10.7 Å². The van der Waals surface area contributed by atoms with Gasteiger partial charge in [0.2, 0.25) is 0 Å². The number of hydrogen-bond acceptors (Lipinski definition) is 1. The topological polar surface area (TPSA) is 26.0 Å². The maximum Gasteiger partial charge on any atom is 0.418 e. The van der Waals surface area contributed by atoms with Gasteiger partial charge in [-0.25, -0.2) is 0 Å². The van der Waals surface area contributed by atoms with E-state index in [2.05, 4.69) is 0 Å². The molecule has 0 unspecified atom stereocenters. The summed E-state index contributed by atoms with van der Waals surface area (Å²) in [7, 11) is 0. The van der Waals surface area contributed by atoms with E-state index in [1.165, 1.54) is 6.92 Å². The van der Waals surface area contributed by atoms with Crippen molar-refractivity contribution in [1.29, 1.82) is 0 Å². The molecule has 13 heavy (non-hydrogen) atoms. The quantitative estimate of drug-likeness (QED) is 0.652. The first-order valence-electron chi connectivity index (χ1n) is 3.45. The van der Waals surface area contributed by atoms with Crippen LogP contribution in [0, 0.1) is 6.92 Å². The molecule has 0 saturated carbocycles. The third-order valence-corrected chi connectivity index (χ3v) is 2.04. The molecule has 0 aromatic heterocycles. The Labute approximate surface area is 78.3 Å². The van der Waals surface area contributed by atoms with Crippen LogP contribution < -0.4 is 5.73 Å². The van der Waals surface area contributed by atoms with E-state index < -0.39 is 11.7 Å². The molecule has 0 bridgehead atoms. The molecule has 0 aliphatic heterocycles. The SMILES string of the molecule is Cc1cc(C(F)(F)F)c(N)cc1Cl. The molecule has 0 heterocycles. The molecular formula is C8H7ClF3N. The van der Waals surface area contributed by atoms with Crippen LogP contribution in [0.15, 0.2) is 12.1 Å². The van der Waals surface area contributed by atoms with Gasteiger partial charge in [0, 0.05) is 10.7 Å². The van der Waals surface area contributed by atoms with Crippen LogP contribution in [-0.2, 0) is 6.18 Å². The van der Waals surface area contributed by atoms with Crippen LogP contribution in [0.4, 0.5) is 18.9 Å². The van der Waals surface area contributed by atoms with Gasteiger partial charge in [-0.2, -0.15) is 13.2 Å². The zero-order valence-corrected chi connectivity index (χ0v) is 7.50. The summed E-state index contributed by atoms with van der Waals surface area (Å²) < 4.78 is 36.7. The number of anilines is 1. The molecule has 1 aromatic carbocycles. The third-order valence-electron chi connectivity index (χ3n) is 1.64. The average molecular weight is 210 g/mol. The van der Waals surface area contributed by atoms with Gasteiger partial charge in [-0.05, 0) is 24.6 Å². The number of alkyl halides is 3.